The molecule has 0 radical (unpaired) electrons. The lowest BCUT2D eigenvalue weighted by atomic mass is 10.1. The highest BCUT2D eigenvalue weighted by atomic mass is 16.5. The van der Waals surface area contributed by atoms with Crippen molar-refractivity contribution in [2.24, 2.45) is 0 Å². The first-order valence-electron chi connectivity index (χ1n) is 9.87. The van der Waals surface area contributed by atoms with Crippen LogP contribution in [0.25, 0.3) is 0 Å². The molecule has 0 spiro atoms. The van der Waals surface area contributed by atoms with Gasteiger partial charge < -0.3 is 40.4 Å². The second kappa shape index (κ2) is 9.62. The number of hydrogen-bond acceptors (Lipinski definition) is 11. The molecule has 1 aliphatic heterocycles. The van der Waals surface area contributed by atoms with E-state index in [4.69, 9.17) is 18.9 Å². The molecule has 0 fully saturated rings. The standard InChI is InChI=1S/C21H23N7O5.H2O/c1-21(2)18(29)27-17-12(33-21)6-7-15(25-17)26-20-23-10-22-19(28-20)24-11-8-13(30-3)16(32-5)14(9-11)31-4;/h6-10H,1-5H3,(H3,22,23,24,25,26,27,28,29);1H2. The first-order chi connectivity index (χ1) is 15.8. The Morgan fingerprint density at radius 3 is 2.21 bits per heavy atom. The molecular weight excluding hydrogens is 446 g/mol. The highest BCUT2D eigenvalue weighted by Crippen LogP contribution is 2.40. The summed E-state index contributed by atoms with van der Waals surface area (Å²) < 4.78 is 21.8. The Morgan fingerprint density at radius 1 is 0.941 bits per heavy atom. The van der Waals surface area contributed by atoms with Crippen LogP contribution in [0.5, 0.6) is 23.0 Å². The number of methoxy groups -OCH3 is 3. The average molecular weight is 471 g/mol. The lowest BCUT2D eigenvalue weighted by Crippen LogP contribution is -2.46. The van der Waals surface area contributed by atoms with Crippen LogP contribution in [0.3, 0.4) is 0 Å². The molecule has 2 aromatic heterocycles. The molecule has 13 heteroatoms. The van der Waals surface area contributed by atoms with Crippen molar-refractivity contribution in [3.05, 3.63) is 30.6 Å². The maximum atomic E-state index is 12.1. The van der Waals surface area contributed by atoms with Gasteiger partial charge >= 0.3 is 0 Å². The number of nitrogens with one attached hydrogen (secondary N) is 3. The molecule has 0 aliphatic carbocycles. The molecule has 5 N–H and O–H groups in total. The number of benzene rings is 1. The Hall–Kier alpha value is -4.39. The summed E-state index contributed by atoms with van der Waals surface area (Å²) in [4.78, 5) is 29.1. The molecule has 0 saturated heterocycles. The Labute approximate surface area is 195 Å². The zero-order chi connectivity index (χ0) is 23.6. The Balaban J connectivity index is 0.00000324. The van der Waals surface area contributed by atoms with Gasteiger partial charge in [-0.25, -0.2) is 15.0 Å². The van der Waals surface area contributed by atoms with Crippen LogP contribution in [-0.2, 0) is 4.79 Å². The van der Waals surface area contributed by atoms with Crippen LogP contribution in [-0.4, -0.2) is 58.2 Å². The van der Waals surface area contributed by atoms with Crippen LogP contribution in [0.4, 0.5) is 29.2 Å². The van der Waals surface area contributed by atoms with Crippen molar-refractivity contribution < 1.29 is 29.2 Å². The molecule has 0 saturated carbocycles. The van der Waals surface area contributed by atoms with E-state index in [2.05, 4.69) is 35.9 Å². The van der Waals surface area contributed by atoms with Gasteiger partial charge in [-0.15, -0.1) is 0 Å². The zero-order valence-electron chi connectivity index (χ0n) is 19.2. The van der Waals surface area contributed by atoms with Crippen molar-refractivity contribution in [1.82, 2.24) is 19.9 Å². The largest absolute Gasteiger partial charge is 0.493 e. The van der Waals surface area contributed by atoms with Crippen molar-refractivity contribution in [3.8, 4) is 23.0 Å². The van der Waals surface area contributed by atoms with Gasteiger partial charge in [-0.3, -0.25) is 4.79 Å². The molecular formula is C21H25N7O6. The van der Waals surface area contributed by atoms with Gasteiger partial charge in [-0.2, -0.15) is 4.98 Å². The van der Waals surface area contributed by atoms with Crippen LogP contribution in [0.1, 0.15) is 13.8 Å². The summed E-state index contributed by atoms with van der Waals surface area (Å²) in [5.41, 5.74) is -0.346. The average Bonchev–Trinajstić information content (AvgIpc) is 2.79. The van der Waals surface area contributed by atoms with Gasteiger partial charge in [0.1, 0.15) is 12.1 Å². The minimum Gasteiger partial charge on any atom is -0.493 e. The van der Waals surface area contributed by atoms with Crippen LogP contribution in [0.15, 0.2) is 30.6 Å². The summed E-state index contributed by atoms with van der Waals surface area (Å²) >= 11 is 0. The smallest absolute Gasteiger partial charge is 0.269 e. The quantitative estimate of drug-likeness (QED) is 0.460. The van der Waals surface area contributed by atoms with Crippen molar-refractivity contribution in [3.63, 3.8) is 0 Å². The van der Waals surface area contributed by atoms with Gasteiger partial charge in [0.05, 0.1) is 21.3 Å². The number of amides is 1. The Kier molecular flexibility index (Phi) is 6.86. The number of pyridine rings is 1. The molecule has 0 unspecified atom stereocenters. The third-order valence-electron chi connectivity index (χ3n) is 4.73. The molecule has 1 aromatic carbocycles. The minimum absolute atomic E-state index is 0. The number of carbonyl (C=O) groups is 1. The number of ether oxygens (including phenoxy) is 4. The van der Waals surface area contributed by atoms with Gasteiger partial charge in [0.25, 0.3) is 5.91 Å². The highest BCUT2D eigenvalue weighted by Gasteiger charge is 2.36. The summed E-state index contributed by atoms with van der Waals surface area (Å²) in [5.74, 6) is 2.89. The summed E-state index contributed by atoms with van der Waals surface area (Å²) in [6, 6.07) is 6.87. The van der Waals surface area contributed by atoms with Gasteiger partial charge in [0.15, 0.2) is 28.7 Å². The lowest BCUT2D eigenvalue weighted by Gasteiger charge is -2.30. The number of carbonyl (C=O) groups excluding carboxylic acids is 1. The van der Waals surface area contributed by atoms with Crippen LogP contribution >= 0.6 is 0 Å². The third-order valence-corrected chi connectivity index (χ3v) is 4.73. The van der Waals surface area contributed by atoms with Crippen molar-refractivity contribution in [1.29, 1.82) is 0 Å². The van der Waals surface area contributed by atoms with E-state index in [0.29, 0.717) is 40.3 Å². The van der Waals surface area contributed by atoms with Gasteiger partial charge in [0, 0.05) is 17.8 Å². The molecule has 0 bridgehead atoms. The van der Waals surface area contributed by atoms with Crippen molar-refractivity contribution >= 4 is 35.1 Å². The predicted molar refractivity (Wildman–Crippen MR) is 124 cm³/mol. The number of hydrogen-bond donors (Lipinski definition) is 3. The van der Waals surface area contributed by atoms with E-state index in [-0.39, 0.29) is 23.3 Å². The number of anilines is 5. The van der Waals surface area contributed by atoms with E-state index in [0.717, 1.165) is 0 Å². The molecule has 3 aromatic rings. The number of aromatic nitrogens is 4. The molecule has 0 atom stereocenters. The summed E-state index contributed by atoms with van der Waals surface area (Å²) in [7, 11) is 4.60. The SMILES string of the molecule is COc1cc(Nc2ncnc(Nc3ccc4c(n3)NC(=O)C(C)(C)O4)n2)cc(OC)c1OC.O. The molecule has 34 heavy (non-hydrogen) atoms. The monoisotopic (exact) mass is 471 g/mol. The van der Waals surface area contributed by atoms with Gasteiger partial charge in [-0.1, -0.05) is 0 Å². The lowest BCUT2D eigenvalue weighted by molar-refractivity contribution is -0.129. The van der Waals surface area contributed by atoms with Crippen LogP contribution in [0.2, 0.25) is 0 Å². The fourth-order valence-electron chi connectivity index (χ4n) is 3.08. The molecule has 4 rings (SSSR count). The van der Waals surface area contributed by atoms with Gasteiger partial charge in [0.2, 0.25) is 17.6 Å². The van der Waals surface area contributed by atoms with E-state index in [1.54, 1.807) is 38.1 Å². The van der Waals surface area contributed by atoms with Crippen LogP contribution in [0, 0.1) is 0 Å². The van der Waals surface area contributed by atoms with Crippen LogP contribution < -0.4 is 34.9 Å². The highest BCUT2D eigenvalue weighted by molar-refractivity contribution is 5.99. The first kappa shape index (κ1) is 24.3. The predicted octanol–water partition coefficient (Wildman–Crippen LogP) is 2.06. The Morgan fingerprint density at radius 2 is 1.59 bits per heavy atom. The summed E-state index contributed by atoms with van der Waals surface area (Å²) in [6.45, 7) is 3.37. The van der Waals surface area contributed by atoms with Gasteiger partial charge in [-0.05, 0) is 26.0 Å². The maximum Gasteiger partial charge on any atom is 0.269 e. The van der Waals surface area contributed by atoms with E-state index >= 15 is 0 Å². The fourth-order valence-corrected chi connectivity index (χ4v) is 3.08. The zero-order valence-corrected chi connectivity index (χ0v) is 19.2. The molecule has 180 valence electrons. The summed E-state index contributed by atoms with van der Waals surface area (Å²) in [5, 5.41) is 8.81. The molecule has 13 nitrogen and oxygen atoms in total. The molecule has 1 amide bonds. The second-order valence-corrected chi connectivity index (χ2v) is 7.41. The normalized spacial score (nSPS) is 13.4. The number of rotatable bonds is 7. The van der Waals surface area contributed by atoms with E-state index < -0.39 is 5.60 Å². The number of fused-ring (bicyclic) bond motifs is 1. The van der Waals surface area contributed by atoms with E-state index in [9.17, 15) is 4.79 Å². The second-order valence-electron chi connectivity index (χ2n) is 7.41. The Bertz CT molecular complexity index is 1180. The molecule has 3 heterocycles. The van der Waals surface area contributed by atoms with Crippen molar-refractivity contribution in [2.45, 2.75) is 19.4 Å². The third kappa shape index (κ3) is 4.83. The van der Waals surface area contributed by atoms with E-state index in [1.807, 2.05) is 0 Å². The first-order valence-corrected chi connectivity index (χ1v) is 9.87. The number of nitrogens with zero attached hydrogens (tertiary/aromatic N) is 4. The summed E-state index contributed by atoms with van der Waals surface area (Å²) in [6.07, 6.45) is 1.35. The fraction of sp³-hybridized carbons (Fsp3) is 0.286. The minimum atomic E-state index is -0.967. The topological polar surface area (TPSA) is 173 Å². The molecule has 1 aliphatic rings. The van der Waals surface area contributed by atoms with E-state index in [1.165, 1.54) is 27.7 Å². The maximum absolute atomic E-state index is 12.1. The van der Waals surface area contributed by atoms with Crippen molar-refractivity contribution in [2.75, 3.05) is 37.3 Å².